The van der Waals surface area contributed by atoms with Crippen LogP contribution in [0.3, 0.4) is 0 Å². The molecular formula is C21H30O6. The van der Waals surface area contributed by atoms with Crippen LogP contribution in [-0.2, 0) is 11.2 Å². The Bertz CT molecular complexity index is 623. The highest BCUT2D eigenvalue weighted by Crippen LogP contribution is 2.20. The summed E-state index contributed by atoms with van der Waals surface area (Å²) in [5.74, 6) is -2.42. The summed E-state index contributed by atoms with van der Waals surface area (Å²) in [7, 11) is 0. The predicted octanol–water partition coefficient (Wildman–Crippen LogP) is 5.68. The van der Waals surface area contributed by atoms with Gasteiger partial charge >= 0.3 is 18.1 Å². The SMILES string of the molecule is CCCCCCCCCCCCc1cccc(C(=O)OC(=O)O)c1C(=O)O. The van der Waals surface area contributed by atoms with Crippen LogP contribution in [0, 0.1) is 0 Å². The normalized spacial score (nSPS) is 10.6. The van der Waals surface area contributed by atoms with E-state index < -0.39 is 18.1 Å². The summed E-state index contributed by atoms with van der Waals surface area (Å²) >= 11 is 0. The predicted molar refractivity (Wildman–Crippen MR) is 102 cm³/mol. The van der Waals surface area contributed by atoms with Crippen LogP contribution in [0.2, 0.25) is 0 Å². The molecule has 0 heterocycles. The average molecular weight is 378 g/mol. The van der Waals surface area contributed by atoms with Crippen LogP contribution < -0.4 is 0 Å². The molecule has 0 aliphatic rings. The van der Waals surface area contributed by atoms with E-state index in [4.69, 9.17) is 5.11 Å². The third kappa shape index (κ3) is 8.71. The number of hydrogen-bond donors (Lipinski definition) is 2. The van der Waals surface area contributed by atoms with Gasteiger partial charge in [-0.3, -0.25) is 0 Å². The van der Waals surface area contributed by atoms with Crippen molar-refractivity contribution in [1.82, 2.24) is 0 Å². The molecule has 0 aliphatic carbocycles. The molecule has 6 heteroatoms. The van der Waals surface area contributed by atoms with Crippen molar-refractivity contribution in [1.29, 1.82) is 0 Å². The van der Waals surface area contributed by atoms with Gasteiger partial charge in [0.05, 0.1) is 11.1 Å². The molecule has 1 aromatic carbocycles. The van der Waals surface area contributed by atoms with Crippen molar-refractivity contribution < 1.29 is 29.3 Å². The number of hydrogen-bond acceptors (Lipinski definition) is 4. The van der Waals surface area contributed by atoms with Crippen LogP contribution in [-0.4, -0.2) is 28.3 Å². The monoisotopic (exact) mass is 378 g/mol. The minimum atomic E-state index is -1.75. The molecule has 0 unspecified atom stereocenters. The van der Waals surface area contributed by atoms with E-state index in [1.165, 1.54) is 51.0 Å². The first-order chi connectivity index (χ1) is 13.0. The largest absolute Gasteiger partial charge is 0.513 e. The van der Waals surface area contributed by atoms with Crippen molar-refractivity contribution in [3.63, 3.8) is 0 Å². The number of carboxylic acid groups (broad SMARTS) is 2. The second kappa shape index (κ2) is 12.9. The highest BCUT2D eigenvalue weighted by atomic mass is 16.7. The fraction of sp³-hybridized carbons (Fsp3) is 0.571. The number of benzene rings is 1. The number of carboxylic acids is 1. The number of unbranched alkanes of at least 4 members (excludes halogenated alkanes) is 9. The maximum Gasteiger partial charge on any atom is 0.513 e. The van der Waals surface area contributed by atoms with Gasteiger partial charge in [-0.25, -0.2) is 14.4 Å². The summed E-state index contributed by atoms with van der Waals surface area (Å²) in [5, 5.41) is 18.0. The van der Waals surface area contributed by atoms with Gasteiger partial charge in [-0.05, 0) is 24.5 Å². The molecule has 1 aromatic rings. The number of rotatable bonds is 13. The van der Waals surface area contributed by atoms with E-state index in [2.05, 4.69) is 11.7 Å². The van der Waals surface area contributed by atoms with Gasteiger partial charge in [0.25, 0.3) is 0 Å². The third-order valence-electron chi connectivity index (χ3n) is 4.56. The fourth-order valence-electron chi connectivity index (χ4n) is 3.17. The first-order valence-corrected chi connectivity index (χ1v) is 9.77. The molecule has 0 fully saturated rings. The highest BCUT2D eigenvalue weighted by Gasteiger charge is 2.22. The summed E-state index contributed by atoms with van der Waals surface area (Å²) in [5.41, 5.74) is 0.135. The summed E-state index contributed by atoms with van der Waals surface area (Å²) in [6, 6.07) is 4.49. The quantitative estimate of drug-likeness (QED) is 0.260. The Morgan fingerprint density at radius 2 is 1.41 bits per heavy atom. The standard InChI is InChI=1S/C21H30O6/c1-2-3-4-5-6-7-8-9-10-11-13-16-14-12-15-17(18(16)19(22)23)20(24)27-21(25)26/h12,14-15H,2-11,13H2,1H3,(H,22,23)(H,25,26). The second-order valence-electron chi connectivity index (χ2n) is 6.73. The number of carbonyl (C=O) groups is 3. The minimum absolute atomic E-state index is 0.167. The smallest absolute Gasteiger partial charge is 0.478 e. The molecule has 0 bridgehead atoms. The molecule has 0 spiro atoms. The molecule has 6 nitrogen and oxygen atoms in total. The summed E-state index contributed by atoms with van der Waals surface area (Å²) < 4.78 is 4.10. The maximum absolute atomic E-state index is 11.8. The van der Waals surface area contributed by atoms with E-state index >= 15 is 0 Å². The van der Waals surface area contributed by atoms with E-state index in [0.29, 0.717) is 12.0 Å². The average Bonchev–Trinajstić information content (AvgIpc) is 2.62. The van der Waals surface area contributed by atoms with Gasteiger partial charge in [0, 0.05) is 0 Å². The lowest BCUT2D eigenvalue weighted by atomic mass is 9.96. The van der Waals surface area contributed by atoms with Gasteiger partial charge < -0.3 is 14.9 Å². The molecule has 0 radical (unpaired) electrons. The maximum atomic E-state index is 11.8. The Hall–Kier alpha value is -2.37. The first kappa shape index (κ1) is 22.7. The third-order valence-corrected chi connectivity index (χ3v) is 4.56. The Morgan fingerprint density at radius 3 is 1.93 bits per heavy atom. The molecule has 0 atom stereocenters. The van der Waals surface area contributed by atoms with Crippen LogP contribution >= 0.6 is 0 Å². The summed E-state index contributed by atoms with van der Waals surface area (Å²) in [6.07, 6.45) is 10.6. The van der Waals surface area contributed by atoms with Crippen molar-refractivity contribution >= 4 is 18.1 Å². The fourth-order valence-corrected chi connectivity index (χ4v) is 3.17. The van der Waals surface area contributed by atoms with Crippen LogP contribution in [0.15, 0.2) is 18.2 Å². The van der Waals surface area contributed by atoms with Crippen molar-refractivity contribution in [2.24, 2.45) is 0 Å². The molecule has 27 heavy (non-hydrogen) atoms. The van der Waals surface area contributed by atoms with Gasteiger partial charge in [0.15, 0.2) is 0 Å². The molecule has 2 N–H and O–H groups in total. The number of aryl methyl sites for hydroxylation is 1. The van der Waals surface area contributed by atoms with Gasteiger partial charge in [-0.15, -0.1) is 0 Å². The van der Waals surface area contributed by atoms with Crippen molar-refractivity contribution in [2.45, 2.75) is 77.6 Å². The van der Waals surface area contributed by atoms with Crippen LogP contribution in [0.25, 0.3) is 0 Å². The Morgan fingerprint density at radius 1 is 0.852 bits per heavy atom. The van der Waals surface area contributed by atoms with E-state index in [-0.39, 0.29) is 11.1 Å². The highest BCUT2D eigenvalue weighted by molar-refractivity contribution is 6.05. The van der Waals surface area contributed by atoms with Gasteiger partial charge in [0.2, 0.25) is 0 Å². The molecule has 150 valence electrons. The molecule has 0 aliphatic heterocycles. The van der Waals surface area contributed by atoms with Crippen molar-refractivity contribution in [3.8, 4) is 0 Å². The molecule has 0 saturated carbocycles. The van der Waals surface area contributed by atoms with E-state index in [0.717, 1.165) is 19.3 Å². The summed E-state index contributed by atoms with van der Waals surface area (Å²) in [6.45, 7) is 2.21. The minimum Gasteiger partial charge on any atom is -0.478 e. The first-order valence-electron chi connectivity index (χ1n) is 9.77. The number of ether oxygens (including phenoxy) is 1. The molecule has 0 amide bonds. The number of esters is 1. The van der Waals surface area contributed by atoms with Crippen LogP contribution in [0.1, 0.15) is 97.4 Å². The molecule has 1 rings (SSSR count). The van der Waals surface area contributed by atoms with Crippen molar-refractivity contribution in [3.05, 3.63) is 34.9 Å². The lowest BCUT2D eigenvalue weighted by Gasteiger charge is -2.10. The second-order valence-corrected chi connectivity index (χ2v) is 6.73. The van der Waals surface area contributed by atoms with E-state index in [1.54, 1.807) is 12.1 Å². The Labute approximate surface area is 160 Å². The number of carbonyl (C=O) groups excluding carboxylic acids is 1. The molecule has 0 aromatic heterocycles. The molecule has 0 saturated heterocycles. The zero-order valence-electron chi connectivity index (χ0n) is 16.0. The summed E-state index contributed by atoms with van der Waals surface area (Å²) in [4.78, 5) is 33.9. The number of aromatic carboxylic acids is 1. The lowest BCUT2D eigenvalue weighted by Crippen LogP contribution is -2.16. The van der Waals surface area contributed by atoms with Gasteiger partial charge in [0.1, 0.15) is 0 Å². The van der Waals surface area contributed by atoms with Gasteiger partial charge in [-0.1, -0.05) is 76.8 Å². The zero-order chi connectivity index (χ0) is 20.1. The zero-order valence-corrected chi connectivity index (χ0v) is 16.0. The molecular weight excluding hydrogens is 348 g/mol. The Balaban J connectivity index is 2.47. The van der Waals surface area contributed by atoms with E-state index in [1.807, 2.05) is 0 Å². The van der Waals surface area contributed by atoms with Crippen LogP contribution in [0.5, 0.6) is 0 Å². The van der Waals surface area contributed by atoms with Crippen LogP contribution in [0.4, 0.5) is 4.79 Å². The van der Waals surface area contributed by atoms with E-state index in [9.17, 15) is 19.5 Å². The Kier molecular flexibility index (Phi) is 10.8. The van der Waals surface area contributed by atoms with Gasteiger partial charge in [-0.2, -0.15) is 0 Å². The topological polar surface area (TPSA) is 101 Å². The lowest BCUT2D eigenvalue weighted by molar-refractivity contribution is 0.0497. The van der Waals surface area contributed by atoms with Crippen molar-refractivity contribution in [2.75, 3.05) is 0 Å².